The summed E-state index contributed by atoms with van der Waals surface area (Å²) in [5, 5.41) is 12.6. The van der Waals surface area contributed by atoms with Gasteiger partial charge in [-0.2, -0.15) is 0 Å². The van der Waals surface area contributed by atoms with Crippen LogP contribution in [0.3, 0.4) is 0 Å². The molecule has 0 radical (unpaired) electrons. The lowest BCUT2D eigenvalue weighted by Crippen LogP contribution is -2.46. The lowest BCUT2D eigenvalue weighted by Gasteiger charge is -2.36. The molecule has 0 aromatic heterocycles. The minimum absolute atomic E-state index is 0.114. The van der Waals surface area contributed by atoms with Gasteiger partial charge in [-0.1, -0.05) is 24.3 Å². The van der Waals surface area contributed by atoms with Crippen molar-refractivity contribution < 1.29 is 14.7 Å². The van der Waals surface area contributed by atoms with E-state index >= 15 is 0 Å². The highest BCUT2D eigenvalue weighted by Crippen LogP contribution is 2.23. The van der Waals surface area contributed by atoms with Crippen LogP contribution >= 0.6 is 0 Å². The third-order valence-corrected chi connectivity index (χ3v) is 5.12. The van der Waals surface area contributed by atoms with E-state index in [1.165, 1.54) is 0 Å². The number of hydrogen-bond acceptors (Lipinski definition) is 3. The first kappa shape index (κ1) is 19.7. The number of rotatable bonds is 6. The summed E-state index contributed by atoms with van der Waals surface area (Å²) in [6.45, 7) is 0.734. The summed E-state index contributed by atoms with van der Waals surface area (Å²) in [5.74, 6) is -0.127. The van der Waals surface area contributed by atoms with E-state index in [4.69, 9.17) is 5.73 Å². The van der Waals surface area contributed by atoms with Crippen LogP contribution in [0.25, 0.3) is 0 Å². The van der Waals surface area contributed by atoms with Gasteiger partial charge in [0.1, 0.15) is 5.75 Å². The second-order valence-corrected chi connectivity index (χ2v) is 7.33. The molecule has 0 unspecified atom stereocenters. The number of nitrogens with two attached hydrogens (primary N) is 1. The van der Waals surface area contributed by atoms with Crippen molar-refractivity contribution in [2.45, 2.75) is 44.6 Å². The molecule has 3 rings (SSSR count). The molecule has 2 aromatic rings. The summed E-state index contributed by atoms with van der Waals surface area (Å²) < 4.78 is 0. The average molecular weight is 381 g/mol. The number of phenols is 1. The second-order valence-electron chi connectivity index (χ2n) is 7.33. The Morgan fingerprint density at radius 1 is 1.11 bits per heavy atom. The first-order valence-electron chi connectivity index (χ1n) is 9.74. The van der Waals surface area contributed by atoms with Crippen LogP contribution in [0, 0.1) is 0 Å². The molecule has 1 atom stereocenters. The van der Waals surface area contributed by atoms with Crippen LogP contribution in [0.4, 0.5) is 10.5 Å². The van der Waals surface area contributed by atoms with Crippen molar-refractivity contribution in [3.05, 3.63) is 59.7 Å². The molecule has 0 aliphatic carbocycles. The molecular formula is C22H27N3O3. The molecule has 6 nitrogen and oxygen atoms in total. The zero-order valence-corrected chi connectivity index (χ0v) is 15.9. The van der Waals surface area contributed by atoms with E-state index < -0.39 is 5.91 Å². The number of anilines is 1. The summed E-state index contributed by atoms with van der Waals surface area (Å²) >= 11 is 0. The van der Waals surface area contributed by atoms with Gasteiger partial charge in [-0.3, -0.25) is 4.79 Å². The maximum Gasteiger partial charge on any atom is 0.322 e. The molecule has 148 valence electrons. The first-order chi connectivity index (χ1) is 13.5. The molecule has 4 N–H and O–H groups in total. The molecule has 2 aromatic carbocycles. The number of phenolic OH excluding ortho intramolecular Hbond substituents is 1. The Labute approximate surface area is 165 Å². The fourth-order valence-electron chi connectivity index (χ4n) is 3.77. The number of nitrogens with one attached hydrogen (secondary N) is 1. The van der Waals surface area contributed by atoms with Gasteiger partial charge in [0, 0.05) is 18.3 Å². The Balaban J connectivity index is 1.62. The zero-order valence-electron chi connectivity index (χ0n) is 15.9. The quantitative estimate of drug-likeness (QED) is 0.715. The Morgan fingerprint density at radius 3 is 2.68 bits per heavy atom. The largest absolute Gasteiger partial charge is 0.508 e. The number of nitrogens with zero attached hydrogens (tertiary/aromatic N) is 1. The third kappa shape index (κ3) is 5.49. The number of hydrogen-bond donors (Lipinski definition) is 3. The van der Waals surface area contributed by atoms with Crippen LogP contribution in [0.2, 0.25) is 0 Å². The van der Waals surface area contributed by atoms with Gasteiger partial charge in [-0.05, 0) is 67.5 Å². The summed E-state index contributed by atoms with van der Waals surface area (Å²) in [4.78, 5) is 25.9. The Hall–Kier alpha value is -3.02. The molecule has 1 saturated heterocycles. The van der Waals surface area contributed by atoms with Crippen molar-refractivity contribution in [2.24, 2.45) is 5.73 Å². The number of piperidine rings is 1. The van der Waals surface area contributed by atoms with Crippen molar-refractivity contribution in [2.75, 3.05) is 11.9 Å². The topological polar surface area (TPSA) is 95.7 Å². The van der Waals surface area contributed by atoms with Gasteiger partial charge in [0.25, 0.3) is 0 Å². The molecule has 1 fully saturated rings. The number of benzene rings is 2. The molecule has 0 bridgehead atoms. The van der Waals surface area contributed by atoms with Crippen LogP contribution in [0.15, 0.2) is 48.5 Å². The lowest BCUT2D eigenvalue weighted by molar-refractivity contribution is -0.117. The highest BCUT2D eigenvalue weighted by molar-refractivity contribution is 5.90. The van der Waals surface area contributed by atoms with Crippen LogP contribution in [-0.2, 0) is 17.6 Å². The molecule has 6 heteroatoms. The number of carbonyl (C=O) groups excluding carboxylic acids is 2. The molecule has 0 saturated carbocycles. The maximum absolute atomic E-state index is 12.9. The standard InChI is InChI=1S/C22H27N3O3/c23-21(27)15-17-6-3-7-18(13-17)24-22(28)25-12-2-1-8-19(25)11-10-16-5-4-9-20(26)14-16/h3-7,9,13-14,19,26H,1-2,8,10-12,15H2,(H2,23,27)(H,24,28)/t19-/m1/s1. The minimum Gasteiger partial charge on any atom is -0.508 e. The van der Waals surface area contributed by atoms with Gasteiger partial charge in [-0.25, -0.2) is 4.79 Å². The molecule has 1 heterocycles. The van der Waals surface area contributed by atoms with Gasteiger partial charge < -0.3 is 21.1 Å². The van der Waals surface area contributed by atoms with Crippen LogP contribution in [0.5, 0.6) is 5.75 Å². The number of amides is 3. The van der Waals surface area contributed by atoms with E-state index in [2.05, 4.69) is 5.32 Å². The van der Waals surface area contributed by atoms with E-state index in [1.807, 2.05) is 35.2 Å². The Bertz CT molecular complexity index is 837. The molecule has 28 heavy (non-hydrogen) atoms. The Kier molecular flexibility index (Phi) is 6.53. The van der Waals surface area contributed by atoms with Crippen molar-refractivity contribution in [3.63, 3.8) is 0 Å². The predicted molar refractivity (Wildman–Crippen MR) is 109 cm³/mol. The lowest BCUT2D eigenvalue weighted by atomic mass is 9.96. The van der Waals surface area contributed by atoms with E-state index in [9.17, 15) is 14.7 Å². The van der Waals surface area contributed by atoms with Gasteiger partial charge in [-0.15, -0.1) is 0 Å². The van der Waals surface area contributed by atoms with E-state index in [0.717, 1.165) is 49.8 Å². The predicted octanol–water partition coefficient (Wildman–Crippen LogP) is 3.44. The van der Waals surface area contributed by atoms with Gasteiger partial charge >= 0.3 is 6.03 Å². The van der Waals surface area contributed by atoms with E-state index in [1.54, 1.807) is 18.2 Å². The number of aryl methyl sites for hydroxylation is 1. The van der Waals surface area contributed by atoms with Gasteiger partial charge in [0.05, 0.1) is 6.42 Å². The highest BCUT2D eigenvalue weighted by Gasteiger charge is 2.26. The molecule has 0 spiro atoms. The van der Waals surface area contributed by atoms with Crippen LogP contribution < -0.4 is 11.1 Å². The Morgan fingerprint density at radius 2 is 1.89 bits per heavy atom. The molecular weight excluding hydrogens is 354 g/mol. The second kappa shape index (κ2) is 9.26. The summed E-state index contributed by atoms with van der Waals surface area (Å²) in [5.41, 5.74) is 7.77. The van der Waals surface area contributed by atoms with Crippen molar-refractivity contribution >= 4 is 17.6 Å². The monoisotopic (exact) mass is 381 g/mol. The van der Waals surface area contributed by atoms with Crippen molar-refractivity contribution in [1.82, 2.24) is 4.90 Å². The smallest absolute Gasteiger partial charge is 0.322 e. The highest BCUT2D eigenvalue weighted by atomic mass is 16.3. The van der Waals surface area contributed by atoms with Crippen molar-refractivity contribution in [3.8, 4) is 5.75 Å². The number of primary amides is 1. The number of likely N-dealkylation sites (tertiary alicyclic amines) is 1. The van der Waals surface area contributed by atoms with Gasteiger partial charge in [0.2, 0.25) is 5.91 Å². The molecule has 1 aliphatic rings. The van der Waals surface area contributed by atoms with Gasteiger partial charge in [0.15, 0.2) is 0 Å². The first-order valence-corrected chi connectivity index (χ1v) is 9.74. The van der Waals surface area contributed by atoms with E-state index in [-0.39, 0.29) is 24.2 Å². The number of aromatic hydroxyl groups is 1. The van der Waals surface area contributed by atoms with Crippen LogP contribution in [0.1, 0.15) is 36.8 Å². The maximum atomic E-state index is 12.9. The zero-order chi connectivity index (χ0) is 19.9. The SMILES string of the molecule is NC(=O)Cc1cccc(NC(=O)N2CCCC[C@@H]2CCc2cccc(O)c2)c1. The summed E-state index contributed by atoms with van der Waals surface area (Å²) in [7, 11) is 0. The summed E-state index contributed by atoms with van der Waals surface area (Å²) in [6.07, 6.45) is 4.92. The van der Waals surface area contributed by atoms with E-state index in [0.29, 0.717) is 5.69 Å². The van der Waals surface area contributed by atoms with Crippen LogP contribution in [-0.4, -0.2) is 34.5 Å². The average Bonchev–Trinajstić information content (AvgIpc) is 2.66. The number of urea groups is 1. The normalized spacial score (nSPS) is 16.6. The fourth-order valence-corrected chi connectivity index (χ4v) is 3.77. The molecule has 1 aliphatic heterocycles. The third-order valence-electron chi connectivity index (χ3n) is 5.12. The fraction of sp³-hybridized carbons (Fsp3) is 0.364. The molecule has 3 amide bonds. The minimum atomic E-state index is -0.397. The number of carbonyl (C=O) groups is 2. The summed E-state index contributed by atoms with van der Waals surface area (Å²) in [6, 6.07) is 14.6. The van der Waals surface area contributed by atoms with Crippen molar-refractivity contribution in [1.29, 1.82) is 0 Å².